The highest BCUT2D eigenvalue weighted by molar-refractivity contribution is 5.26. The molecular formula is C11H20N4. The first-order valence-corrected chi connectivity index (χ1v) is 5.28. The first-order valence-electron chi connectivity index (χ1n) is 5.28. The second-order valence-electron chi connectivity index (χ2n) is 4.31. The SMILES string of the molecule is CC(C)CNCc1cnc(N(C)C)nc1. The molecule has 1 heterocycles. The van der Waals surface area contributed by atoms with Gasteiger partial charge >= 0.3 is 0 Å². The molecule has 1 aromatic heterocycles. The maximum absolute atomic E-state index is 4.25. The fourth-order valence-electron chi connectivity index (χ4n) is 1.18. The van der Waals surface area contributed by atoms with Crippen molar-refractivity contribution in [2.45, 2.75) is 20.4 Å². The summed E-state index contributed by atoms with van der Waals surface area (Å²) < 4.78 is 0. The number of nitrogens with one attached hydrogen (secondary N) is 1. The third-order valence-corrected chi connectivity index (χ3v) is 1.97. The Morgan fingerprint density at radius 2 is 1.87 bits per heavy atom. The molecule has 0 amide bonds. The lowest BCUT2D eigenvalue weighted by atomic mass is 10.2. The van der Waals surface area contributed by atoms with Crippen LogP contribution in [0.2, 0.25) is 0 Å². The van der Waals surface area contributed by atoms with E-state index in [0.29, 0.717) is 5.92 Å². The number of anilines is 1. The zero-order valence-corrected chi connectivity index (χ0v) is 9.99. The second kappa shape index (κ2) is 5.66. The van der Waals surface area contributed by atoms with E-state index in [1.165, 1.54) is 0 Å². The molecule has 0 unspecified atom stereocenters. The lowest BCUT2D eigenvalue weighted by molar-refractivity contribution is 0.551. The molecule has 1 aromatic rings. The minimum absolute atomic E-state index is 0.673. The summed E-state index contributed by atoms with van der Waals surface area (Å²) in [7, 11) is 3.87. The van der Waals surface area contributed by atoms with Crippen LogP contribution in [0.4, 0.5) is 5.95 Å². The standard InChI is InChI=1S/C11H20N4/c1-9(2)5-12-6-10-7-13-11(14-8-10)15(3)4/h7-9,12H,5-6H2,1-4H3. The molecule has 1 N–H and O–H groups in total. The van der Waals surface area contributed by atoms with E-state index in [1.807, 2.05) is 31.4 Å². The van der Waals surface area contributed by atoms with Crippen LogP contribution >= 0.6 is 0 Å². The molecule has 0 saturated heterocycles. The van der Waals surface area contributed by atoms with Gasteiger partial charge in [0.15, 0.2) is 0 Å². The van der Waals surface area contributed by atoms with Gasteiger partial charge in [0.25, 0.3) is 0 Å². The molecule has 84 valence electrons. The van der Waals surface area contributed by atoms with Crippen LogP contribution in [-0.4, -0.2) is 30.6 Å². The molecule has 0 bridgehead atoms. The van der Waals surface area contributed by atoms with Crippen molar-refractivity contribution in [3.8, 4) is 0 Å². The molecule has 0 saturated carbocycles. The molecule has 0 fully saturated rings. The van der Waals surface area contributed by atoms with Crippen molar-refractivity contribution < 1.29 is 0 Å². The number of nitrogens with zero attached hydrogens (tertiary/aromatic N) is 3. The largest absolute Gasteiger partial charge is 0.347 e. The van der Waals surface area contributed by atoms with E-state index in [1.54, 1.807) is 0 Å². The zero-order valence-electron chi connectivity index (χ0n) is 9.99. The predicted octanol–water partition coefficient (Wildman–Crippen LogP) is 1.29. The van der Waals surface area contributed by atoms with Crippen molar-refractivity contribution in [3.05, 3.63) is 18.0 Å². The van der Waals surface area contributed by atoms with Crippen molar-refractivity contribution in [1.29, 1.82) is 0 Å². The highest BCUT2D eigenvalue weighted by Crippen LogP contribution is 2.02. The van der Waals surface area contributed by atoms with Crippen molar-refractivity contribution in [1.82, 2.24) is 15.3 Å². The Balaban J connectivity index is 2.43. The molecular weight excluding hydrogens is 188 g/mol. The summed E-state index contributed by atoms with van der Waals surface area (Å²) in [5.74, 6) is 1.43. The predicted molar refractivity (Wildman–Crippen MR) is 62.9 cm³/mol. The number of rotatable bonds is 5. The third kappa shape index (κ3) is 4.25. The molecule has 0 radical (unpaired) electrons. The van der Waals surface area contributed by atoms with Crippen molar-refractivity contribution in [2.75, 3.05) is 25.5 Å². The van der Waals surface area contributed by atoms with Gasteiger partial charge in [-0.2, -0.15) is 0 Å². The lowest BCUT2D eigenvalue weighted by Crippen LogP contribution is -2.19. The highest BCUT2D eigenvalue weighted by atomic mass is 15.2. The molecule has 4 nitrogen and oxygen atoms in total. The number of hydrogen-bond donors (Lipinski definition) is 1. The molecule has 15 heavy (non-hydrogen) atoms. The summed E-state index contributed by atoms with van der Waals surface area (Å²) in [6.07, 6.45) is 3.74. The van der Waals surface area contributed by atoms with Gasteiger partial charge in [-0.05, 0) is 12.5 Å². The van der Waals surface area contributed by atoms with Crippen LogP contribution < -0.4 is 10.2 Å². The van der Waals surface area contributed by atoms with Crippen LogP contribution in [0.3, 0.4) is 0 Å². The molecule has 0 spiro atoms. The van der Waals surface area contributed by atoms with Crippen LogP contribution in [-0.2, 0) is 6.54 Å². The van der Waals surface area contributed by atoms with Crippen LogP contribution in [0.1, 0.15) is 19.4 Å². The fourth-order valence-corrected chi connectivity index (χ4v) is 1.18. The van der Waals surface area contributed by atoms with Gasteiger partial charge in [-0.15, -0.1) is 0 Å². The van der Waals surface area contributed by atoms with E-state index >= 15 is 0 Å². The molecule has 1 rings (SSSR count). The molecule has 0 atom stereocenters. The molecule has 0 aliphatic rings. The van der Waals surface area contributed by atoms with Gasteiger partial charge < -0.3 is 10.2 Å². The molecule has 4 heteroatoms. The second-order valence-corrected chi connectivity index (χ2v) is 4.31. The summed E-state index contributed by atoms with van der Waals surface area (Å²) in [4.78, 5) is 10.4. The van der Waals surface area contributed by atoms with Crippen LogP contribution in [0.5, 0.6) is 0 Å². The first kappa shape index (κ1) is 11.9. The Morgan fingerprint density at radius 1 is 1.27 bits per heavy atom. The number of aromatic nitrogens is 2. The molecule has 0 aliphatic carbocycles. The van der Waals surface area contributed by atoms with Gasteiger partial charge in [0, 0.05) is 38.6 Å². The lowest BCUT2D eigenvalue weighted by Gasteiger charge is -2.10. The zero-order chi connectivity index (χ0) is 11.3. The minimum Gasteiger partial charge on any atom is -0.347 e. The highest BCUT2D eigenvalue weighted by Gasteiger charge is 1.99. The third-order valence-electron chi connectivity index (χ3n) is 1.97. The van der Waals surface area contributed by atoms with Crippen molar-refractivity contribution in [2.24, 2.45) is 5.92 Å². The maximum Gasteiger partial charge on any atom is 0.224 e. The first-order chi connectivity index (χ1) is 7.09. The topological polar surface area (TPSA) is 41.1 Å². The molecule has 0 aromatic carbocycles. The summed E-state index contributed by atoms with van der Waals surface area (Å²) in [5, 5.41) is 3.36. The Bertz CT molecular complexity index is 279. The molecule has 0 aliphatic heterocycles. The summed E-state index contributed by atoms with van der Waals surface area (Å²) >= 11 is 0. The van der Waals surface area contributed by atoms with E-state index in [9.17, 15) is 0 Å². The fraction of sp³-hybridized carbons (Fsp3) is 0.636. The Labute approximate surface area is 91.7 Å². The summed E-state index contributed by atoms with van der Waals surface area (Å²) in [6.45, 7) is 6.25. The van der Waals surface area contributed by atoms with Gasteiger partial charge in [-0.3, -0.25) is 0 Å². The van der Waals surface area contributed by atoms with E-state index in [-0.39, 0.29) is 0 Å². The monoisotopic (exact) mass is 208 g/mol. The summed E-state index contributed by atoms with van der Waals surface area (Å²) in [5.41, 5.74) is 1.13. The van der Waals surface area contributed by atoms with E-state index in [0.717, 1.165) is 24.6 Å². The average Bonchev–Trinajstić information content (AvgIpc) is 2.18. The Morgan fingerprint density at radius 3 is 2.33 bits per heavy atom. The normalized spacial score (nSPS) is 10.7. The van der Waals surface area contributed by atoms with Gasteiger partial charge in [-0.25, -0.2) is 9.97 Å². The Hall–Kier alpha value is -1.16. The maximum atomic E-state index is 4.25. The van der Waals surface area contributed by atoms with Gasteiger partial charge in [-0.1, -0.05) is 13.8 Å². The van der Waals surface area contributed by atoms with Crippen molar-refractivity contribution in [3.63, 3.8) is 0 Å². The van der Waals surface area contributed by atoms with Crippen molar-refractivity contribution >= 4 is 5.95 Å². The van der Waals surface area contributed by atoms with E-state index < -0.39 is 0 Å². The van der Waals surface area contributed by atoms with Crippen LogP contribution in [0.15, 0.2) is 12.4 Å². The Kier molecular flexibility index (Phi) is 4.49. The van der Waals surface area contributed by atoms with E-state index in [4.69, 9.17) is 0 Å². The van der Waals surface area contributed by atoms with Crippen LogP contribution in [0.25, 0.3) is 0 Å². The van der Waals surface area contributed by atoms with Gasteiger partial charge in [0.05, 0.1) is 0 Å². The van der Waals surface area contributed by atoms with Gasteiger partial charge in [0.2, 0.25) is 5.95 Å². The quantitative estimate of drug-likeness (QED) is 0.791. The van der Waals surface area contributed by atoms with E-state index in [2.05, 4.69) is 29.1 Å². The number of hydrogen-bond acceptors (Lipinski definition) is 4. The van der Waals surface area contributed by atoms with Gasteiger partial charge in [0.1, 0.15) is 0 Å². The summed E-state index contributed by atoms with van der Waals surface area (Å²) in [6, 6.07) is 0. The van der Waals surface area contributed by atoms with Crippen LogP contribution in [0, 0.1) is 5.92 Å². The smallest absolute Gasteiger partial charge is 0.224 e. The minimum atomic E-state index is 0.673. The average molecular weight is 208 g/mol.